The standard InChI is InChI=1S/C14H30N2O/c1-4-9-16(6-3)12-14(11-15-5-2)8-7-10-17-13-14/h15H,4-13H2,1-3H3. The first kappa shape index (κ1) is 14.9. The highest BCUT2D eigenvalue weighted by atomic mass is 16.5. The highest BCUT2D eigenvalue weighted by molar-refractivity contribution is 4.87. The van der Waals surface area contributed by atoms with Crippen molar-refractivity contribution in [1.82, 2.24) is 10.2 Å². The summed E-state index contributed by atoms with van der Waals surface area (Å²) in [5, 5.41) is 3.52. The Morgan fingerprint density at radius 2 is 2.12 bits per heavy atom. The Hall–Kier alpha value is -0.120. The maximum Gasteiger partial charge on any atom is 0.0546 e. The Balaban J connectivity index is 2.54. The third-order valence-electron chi connectivity index (χ3n) is 3.70. The van der Waals surface area contributed by atoms with Gasteiger partial charge in [0.05, 0.1) is 6.61 Å². The van der Waals surface area contributed by atoms with Crippen molar-refractivity contribution in [3.05, 3.63) is 0 Å². The summed E-state index contributed by atoms with van der Waals surface area (Å²) in [6, 6.07) is 0. The zero-order valence-electron chi connectivity index (χ0n) is 11.9. The monoisotopic (exact) mass is 242 g/mol. The number of ether oxygens (including phenoxy) is 1. The lowest BCUT2D eigenvalue weighted by molar-refractivity contribution is -0.0253. The van der Waals surface area contributed by atoms with E-state index in [0.29, 0.717) is 5.41 Å². The molecule has 0 saturated carbocycles. The number of nitrogens with one attached hydrogen (secondary N) is 1. The molecule has 0 aliphatic carbocycles. The molecular formula is C14H30N2O. The fourth-order valence-corrected chi connectivity index (χ4v) is 2.76. The smallest absolute Gasteiger partial charge is 0.0546 e. The van der Waals surface area contributed by atoms with Crippen molar-refractivity contribution in [2.75, 3.05) is 45.9 Å². The molecule has 3 heteroatoms. The molecule has 0 aromatic rings. The Morgan fingerprint density at radius 3 is 2.65 bits per heavy atom. The van der Waals surface area contributed by atoms with Gasteiger partial charge in [-0.15, -0.1) is 0 Å². The molecule has 1 aliphatic heterocycles. The molecule has 1 heterocycles. The molecule has 0 amide bonds. The molecule has 1 N–H and O–H groups in total. The first-order valence-corrected chi connectivity index (χ1v) is 7.27. The predicted octanol–water partition coefficient (Wildman–Crippen LogP) is 2.12. The summed E-state index contributed by atoms with van der Waals surface area (Å²) in [5.41, 5.74) is 0.347. The summed E-state index contributed by atoms with van der Waals surface area (Å²) in [6.45, 7) is 14.3. The molecule has 0 aromatic heterocycles. The molecule has 0 radical (unpaired) electrons. The first-order valence-electron chi connectivity index (χ1n) is 7.27. The highest BCUT2D eigenvalue weighted by Gasteiger charge is 2.33. The Bertz CT molecular complexity index is 191. The van der Waals surface area contributed by atoms with Crippen LogP contribution in [-0.2, 0) is 4.74 Å². The van der Waals surface area contributed by atoms with E-state index in [4.69, 9.17) is 4.74 Å². The van der Waals surface area contributed by atoms with Crippen molar-refractivity contribution in [2.24, 2.45) is 5.41 Å². The molecule has 1 unspecified atom stereocenters. The van der Waals surface area contributed by atoms with E-state index in [-0.39, 0.29) is 0 Å². The van der Waals surface area contributed by atoms with E-state index in [9.17, 15) is 0 Å². The van der Waals surface area contributed by atoms with Crippen molar-refractivity contribution < 1.29 is 4.74 Å². The molecule has 17 heavy (non-hydrogen) atoms. The molecule has 0 spiro atoms. The van der Waals surface area contributed by atoms with Gasteiger partial charge in [-0.25, -0.2) is 0 Å². The fraction of sp³-hybridized carbons (Fsp3) is 1.00. The molecule has 1 atom stereocenters. The van der Waals surface area contributed by atoms with Gasteiger partial charge in [0, 0.05) is 25.1 Å². The summed E-state index contributed by atoms with van der Waals surface area (Å²) in [7, 11) is 0. The van der Waals surface area contributed by atoms with Crippen LogP contribution in [0.25, 0.3) is 0 Å². The molecule has 1 fully saturated rings. The molecule has 1 rings (SSSR count). The van der Waals surface area contributed by atoms with Crippen molar-refractivity contribution >= 4 is 0 Å². The van der Waals surface area contributed by atoms with Crippen molar-refractivity contribution in [3.8, 4) is 0 Å². The summed E-state index contributed by atoms with van der Waals surface area (Å²) in [5.74, 6) is 0. The third-order valence-corrected chi connectivity index (χ3v) is 3.70. The maximum absolute atomic E-state index is 5.74. The number of hydrogen-bond acceptors (Lipinski definition) is 3. The minimum absolute atomic E-state index is 0.347. The molecule has 0 bridgehead atoms. The van der Waals surface area contributed by atoms with Gasteiger partial charge in [0.2, 0.25) is 0 Å². The first-order chi connectivity index (χ1) is 8.26. The van der Waals surface area contributed by atoms with Gasteiger partial charge < -0.3 is 15.0 Å². The van der Waals surface area contributed by atoms with E-state index in [1.165, 1.54) is 32.4 Å². The van der Waals surface area contributed by atoms with E-state index in [1.54, 1.807) is 0 Å². The zero-order valence-corrected chi connectivity index (χ0v) is 11.9. The minimum Gasteiger partial charge on any atom is -0.381 e. The lowest BCUT2D eigenvalue weighted by atomic mass is 9.81. The third kappa shape index (κ3) is 4.94. The quantitative estimate of drug-likeness (QED) is 0.705. The number of hydrogen-bond donors (Lipinski definition) is 1. The molecule has 3 nitrogen and oxygen atoms in total. The Kier molecular flexibility index (Phi) is 7.09. The minimum atomic E-state index is 0.347. The second-order valence-electron chi connectivity index (χ2n) is 5.31. The average Bonchev–Trinajstić information content (AvgIpc) is 2.37. The van der Waals surface area contributed by atoms with E-state index in [2.05, 4.69) is 31.0 Å². The van der Waals surface area contributed by atoms with Gasteiger partial charge in [0.15, 0.2) is 0 Å². The van der Waals surface area contributed by atoms with Gasteiger partial charge in [-0.2, -0.15) is 0 Å². The zero-order chi connectivity index (χ0) is 12.6. The van der Waals surface area contributed by atoms with Gasteiger partial charge >= 0.3 is 0 Å². The molecule has 102 valence electrons. The van der Waals surface area contributed by atoms with Crippen LogP contribution in [0.4, 0.5) is 0 Å². The maximum atomic E-state index is 5.74. The topological polar surface area (TPSA) is 24.5 Å². The van der Waals surface area contributed by atoms with Gasteiger partial charge in [0.25, 0.3) is 0 Å². The summed E-state index contributed by atoms with van der Waals surface area (Å²) >= 11 is 0. The molecule has 0 aromatic carbocycles. The summed E-state index contributed by atoms with van der Waals surface area (Å²) in [6.07, 6.45) is 3.77. The van der Waals surface area contributed by atoms with Crippen LogP contribution in [0.15, 0.2) is 0 Å². The largest absolute Gasteiger partial charge is 0.381 e. The van der Waals surface area contributed by atoms with E-state index >= 15 is 0 Å². The van der Waals surface area contributed by atoms with E-state index < -0.39 is 0 Å². The predicted molar refractivity (Wildman–Crippen MR) is 73.4 cm³/mol. The van der Waals surface area contributed by atoms with Crippen LogP contribution in [0.1, 0.15) is 40.0 Å². The van der Waals surface area contributed by atoms with Crippen LogP contribution in [0, 0.1) is 5.41 Å². The van der Waals surface area contributed by atoms with Crippen LogP contribution in [0.3, 0.4) is 0 Å². The van der Waals surface area contributed by atoms with Crippen LogP contribution < -0.4 is 5.32 Å². The Morgan fingerprint density at radius 1 is 1.29 bits per heavy atom. The van der Waals surface area contributed by atoms with Crippen molar-refractivity contribution in [3.63, 3.8) is 0 Å². The van der Waals surface area contributed by atoms with Gasteiger partial charge in [0.1, 0.15) is 0 Å². The summed E-state index contributed by atoms with van der Waals surface area (Å²) < 4.78 is 5.74. The highest BCUT2D eigenvalue weighted by Crippen LogP contribution is 2.29. The van der Waals surface area contributed by atoms with Crippen molar-refractivity contribution in [2.45, 2.75) is 40.0 Å². The number of nitrogens with zero attached hydrogens (tertiary/aromatic N) is 1. The van der Waals surface area contributed by atoms with Gasteiger partial charge in [-0.3, -0.25) is 0 Å². The van der Waals surface area contributed by atoms with Gasteiger partial charge in [-0.05, 0) is 38.9 Å². The molecule has 1 saturated heterocycles. The lowest BCUT2D eigenvalue weighted by Crippen LogP contribution is -2.49. The van der Waals surface area contributed by atoms with Crippen LogP contribution in [0.5, 0.6) is 0 Å². The second kappa shape index (κ2) is 8.06. The molecular weight excluding hydrogens is 212 g/mol. The van der Waals surface area contributed by atoms with Crippen molar-refractivity contribution in [1.29, 1.82) is 0 Å². The van der Waals surface area contributed by atoms with E-state index in [0.717, 1.165) is 32.8 Å². The van der Waals surface area contributed by atoms with Crippen LogP contribution in [0.2, 0.25) is 0 Å². The van der Waals surface area contributed by atoms with Crippen LogP contribution in [-0.4, -0.2) is 50.8 Å². The molecule has 1 aliphatic rings. The van der Waals surface area contributed by atoms with Crippen LogP contribution >= 0.6 is 0 Å². The normalized spacial score (nSPS) is 25.4. The van der Waals surface area contributed by atoms with Gasteiger partial charge in [-0.1, -0.05) is 20.8 Å². The lowest BCUT2D eigenvalue weighted by Gasteiger charge is -2.41. The average molecular weight is 242 g/mol. The fourth-order valence-electron chi connectivity index (χ4n) is 2.76. The Labute approximate surface area is 107 Å². The van der Waals surface area contributed by atoms with E-state index in [1.807, 2.05) is 0 Å². The SMILES string of the molecule is CCCN(CC)CC1(CNCC)CCCOC1. The number of rotatable bonds is 8. The second-order valence-corrected chi connectivity index (χ2v) is 5.31. The summed E-state index contributed by atoms with van der Waals surface area (Å²) in [4.78, 5) is 2.58.